The lowest BCUT2D eigenvalue weighted by atomic mass is 9.91. The summed E-state index contributed by atoms with van der Waals surface area (Å²) in [7, 11) is 0. The first-order valence-electron chi connectivity index (χ1n) is 7.79. The molecule has 1 aliphatic rings. The van der Waals surface area contributed by atoms with Crippen LogP contribution in [0, 0.1) is 0 Å². The predicted octanol–water partition coefficient (Wildman–Crippen LogP) is 5.32. The van der Waals surface area contributed by atoms with E-state index in [1.54, 1.807) is 6.07 Å². The van der Waals surface area contributed by atoms with Crippen LogP contribution in [0.3, 0.4) is 0 Å². The van der Waals surface area contributed by atoms with Gasteiger partial charge in [-0.15, -0.1) is 0 Å². The maximum Gasteiger partial charge on any atom is 0.253 e. The van der Waals surface area contributed by atoms with Crippen LogP contribution in [0.1, 0.15) is 33.9 Å². The van der Waals surface area contributed by atoms with Gasteiger partial charge in [-0.2, -0.15) is 0 Å². The minimum atomic E-state index is -0.408. The van der Waals surface area contributed by atoms with Crippen molar-refractivity contribution in [2.45, 2.75) is 18.9 Å². The third kappa shape index (κ3) is 2.60. The Balaban J connectivity index is 1.75. The van der Waals surface area contributed by atoms with Gasteiger partial charge in [-0.05, 0) is 64.5 Å². The molecule has 3 aromatic carbocycles. The van der Waals surface area contributed by atoms with Crippen LogP contribution >= 0.6 is 11.6 Å². The van der Waals surface area contributed by atoms with Gasteiger partial charge >= 0.3 is 0 Å². The number of fused-ring (bicyclic) bond motifs is 2. The van der Waals surface area contributed by atoms with Crippen LogP contribution in [-0.4, -0.2) is 5.24 Å². The van der Waals surface area contributed by atoms with Crippen molar-refractivity contribution in [3.8, 4) is 0 Å². The Kier molecular flexibility index (Phi) is 3.55. The third-order valence-corrected chi connectivity index (χ3v) is 4.77. The van der Waals surface area contributed by atoms with E-state index in [0.717, 1.165) is 23.6 Å². The van der Waals surface area contributed by atoms with Crippen molar-refractivity contribution in [3.05, 3.63) is 77.4 Å². The number of anilines is 1. The summed E-state index contributed by atoms with van der Waals surface area (Å²) in [6.45, 7) is 0. The van der Waals surface area contributed by atoms with E-state index < -0.39 is 5.24 Å². The van der Waals surface area contributed by atoms with E-state index >= 15 is 0 Å². The van der Waals surface area contributed by atoms with Gasteiger partial charge in [0, 0.05) is 11.3 Å². The van der Waals surface area contributed by atoms with E-state index in [9.17, 15) is 4.79 Å². The number of carbonyl (C=O) groups excluding carboxylic acids is 1. The van der Waals surface area contributed by atoms with Crippen molar-refractivity contribution in [2.24, 2.45) is 0 Å². The van der Waals surface area contributed by atoms with Gasteiger partial charge in [0.05, 0.1) is 6.04 Å². The van der Waals surface area contributed by atoms with Crippen LogP contribution in [0.5, 0.6) is 0 Å². The molecule has 0 fully saturated rings. The molecule has 0 saturated carbocycles. The Morgan fingerprint density at radius 2 is 1.91 bits per heavy atom. The second-order valence-corrected chi connectivity index (χ2v) is 6.30. The number of para-hydroxylation sites is 1. The molecule has 1 heterocycles. The monoisotopic (exact) mass is 321 g/mol. The highest BCUT2D eigenvalue weighted by molar-refractivity contribution is 6.68. The van der Waals surface area contributed by atoms with E-state index in [4.69, 9.17) is 11.6 Å². The number of rotatable bonds is 2. The Bertz CT molecular complexity index is 903. The van der Waals surface area contributed by atoms with Gasteiger partial charge in [-0.1, -0.05) is 42.5 Å². The maximum atomic E-state index is 11.7. The molecular weight excluding hydrogens is 306 g/mol. The van der Waals surface area contributed by atoms with E-state index in [1.165, 1.54) is 16.8 Å². The normalized spacial score (nSPS) is 16.7. The summed E-state index contributed by atoms with van der Waals surface area (Å²) >= 11 is 5.73. The highest BCUT2D eigenvalue weighted by Gasteiger charge is 2.19. The summed E-state index contributed by atoms with van der Waals surface area (Å²) in [6, 6.07) is 20.6. The van der Waals surface area contributed by atoms with Crippen LogP contribution in [0.2, 0.25) is 0 Å². The number of hydrogen-bond donors (Lipinski definition) is 1. The van der Waals surface area contributed by atoms with Gasteiger partial charge in [0.15, 0.2) is 0 Å². The standard InChI is InChI=1S/C20H16ClNO/c21-20(23)16-6-3-5-13-8-9-15(12-17(13)16)19-11-10-14-4-1-2-7-18(14)22-19/h1-9,12,19,22H,10-11H2. The summed E-state index contributed by atoms with van der Waals surface area (Å²) in [5, 5.41) is 5.16. The van der Waals surface area contributed by atoms with Crippen molar-refractivity contribution < 1.29 is 4.79 Å². The van der Waals surface area contributed by atoms with Crippen molar-refractivity contribution in [3.63, 3.8) is 0 Å². The Morgan fingerprint density at radius 3 is 2.78 bits per heavy atom. The van der Waals surface area contributed by atoms with E-state index in [-0.39, 0.29) is 6.04 Å². The molecule has 4 rings (SSSR count). The number of hydrogen-bond acceptors (Lipinski definition) is 2. The molecule has 0 radical (unpaired) electrons. The quantitative estimate of drug-likeness (QED) is 0.647. The summed E-state index contributed by atoms with van der Waals surface area (Å²) in [5.41, 5.74) is 4.33. The first-order chi connectivity index (χ1) is 11.2. The molecule has 114 valence electrons. The molecule has 1 aliphatic heterocycles. The van der Waals surface area contributed by atoms with Crippen LogP contribution in [0.25, 0.3) is 10.8 Å². The fraction of sp³-hybridized carbons (Fsp3) is 0.150. The average Bonchev–Trinajstić information content (AvgIpc) is 2.60. The zero-order valence-corrected chi connectivity index (χ0v) is 13.3. The summed E-state index contributed by atoms with van der Waals surface area (Å²) in [6.07, 6.45) is 2.10. The molecular formula is C20H16ClNO. The van der Waals surface area contributed by atoms with Crippen LogP contribution in [-0.2, 0) is 6.42 Å². The molecule has 1 N–H and O–H groups in total. The number of carbonyl (C=O) groups is 1. The lowest BCUT2D eigenvalue weighted by Gasteiger charge is -2.27. The molecule has 0 spiro atoms. The second kappa shape index (κ2) is 5.71. The SMILES string of the molecule is O=C(Cl)c1cccc2ccc(C3CCc4ccccc4N3)cc12. The van der Waals surface area contributed by atoms with Crippen LogP contribution in [0.15, 0.2) is 60.7 Å². The predicted molar refractivity (Wildman–Crippen MR) is 95.3 cm³/mol. The van der Waals surface area contributed by atoms with Crippen molar-refractivity contribution >= 4 is 33.3 Å². The number of aryl methyl sites for hydroxylation is 1. The topological polar surface area (TPSA) is 29.1 Å². The minimum Gasteiger partial charge on any atom is -0.378 e. The zero-order valence-electron chi connectivity index (χ0n) is 12.6. The molecule has 2 nitrogen and oxygen atoms in total. The third-order valence-electron chi connectivity index (χ3n) is 4.57. The number of nitrogens with one attached hydrogen (secondary N) is 1. The highest BCUT2D eigenvalue weighted by atomic mass is 35.5. The summed E-state index contributed by atoms with van der Waals surface area (Å²) in [5.74, 6) is 0. The lowest BCUT2D eigenvalue weighted by Crippen LogP contribution is -2.17. The number of benzene rings is 3. The molecule has 1 unspecified atom stereocenters. The van der Waals surface area contributed by atoms with Gasteiger partial charge in [0.25, 0.3) is 5.24 Å². The second-order valence-electron chi connectivity index (χ2n) is 5.95. The van der Waals surface area contributed by atoms with Crippen LogP contribution in [0.4, 0.5) is 5.69 Å². The van der Waals surface area contributed by atoms with Crippen molar-refractivity contribution in [2.75, 3.05) is 5.32 Å². The van der Waals surface area contributed by atoms with Crippen LogP contribution < -0.4 is 5.32 Å². The molecule has 3 heteroatoms. The highest BCUT2D eigenvalue weighted by Crippen LogP contribution is 2.34. The smallest absolute Gasteiger partial charge is 0.253 e. The Hall–Kier alpha value is -2.32. The van der Waals surface area contributed by atoms with Crippen molar-refractivity contribution in [1.29, 1.82) is 0 Å². The molecule has 3 aromatic rings. The fourth-order valence-corrected chi connectivity index (χ4v) is 3.53. The Labute approximate surface area is 140 Å². The van der Waals surface area contributed by atoms with E-state index in [1.807, 2.05) is 12.1 Å². The van der Waals surface area contributed by atoms with Gasteiger partial charge < -0.3 is 5.32 Å². The summed E-state index contributed by atoms with van der Waals surface area (Å²) in [4.78, 5) is 11.7. The van der Waals surface area contributed by atoms with E-state index in [2.05, 4.69) is 47.8 Å². The Morgan fingerprint density at radius 1 is 1.04 bits per heavy atom. The molecule has 0 saturated heterocycles. The zero-order chi connectivity index (χ0) is 15.8. The molecule has 0 aromatic heterocycles. The first-order valence-corrected chi connectivity index (χ1v) is 8.17. The first kappa shape index (κ1) is 14.3. The molecule has 0 amide bonds. The van der Waals surface area contributed by atoms with Gasteiger partial charge in [0.1, 0.15) is 0 Å². The maximum absolute atomic E-state index is 11.7. The van der Waals surface area contributed by atoms with Crippen molar-refractivity contribution in [1.82, 2.24) is 0 Å². The lowest BCUT2D eigenvalue weighted by molar-refractivity contribution is 0.108. The summed E-state index contributed by atoms with van der Waals surface area (Å²) < 4.78 is 0. The molecule has 23 heavy (non-hydrogen) atoms. The molecule has 1 atom stereocenters. The van der Waals surface area contributed by atoms with E-state index in [0.29, 0.717) is 5.56 Å². The van der Waals surface area contributed by atoms with Gasteiger partial charge in [-0.25, -0.2) is 0 Å². The van der Waals surface area contributed by atoms with Gasteiger partial charge in [-0.3, -0.25) is 4.79 Å². The average molecular weight is 322 g/mol. The number of halogens is 1. The molecule has 0 bridgehead atoms. The van der Waals surface area contributed by atoms with Gasteiger partial charge in [0.2, 0.25) is 0 Å². The largest absolute Gasteiger partial charge is 0.378 e. The fourth-order valence-electron chi connectivity index (χ4n) is 3.37. The minimum absolute atomic E-state index is 0.257. The molecule has 0 aliphatic carbocycles.